The number of anilines is 1. The molecule has 4 aromatic rings. The summed E-state index contributed by atoms with van der Waals surface area (Å²) in [6, 6.07) is 28.8. The van der Waals surface area contributed by atoms with E-state index in [4.69, 9.17) is 0 Å². The lowest BCUT2D eigenvalue weighted by atomic mass is 10.00. The fourth-order valence-corrected chi connectivity index (χ4v) is 6.31. The lowest BCUT2D eigenvalue weighted by molar-refractivity contribution is -0.140. The number of sulfonamides is 1. The van der Waals surface area contributed by atoms with Gasteiger partial charge in [-0.3, -0.25) is 13.9 Å². The molecule has 0 aromatic heterocycles. The molecule has 2 amide bonds. The highest BCUT2D eigenvalue weighted by Crippen LogP contribution is 2.27. The van der Waals surface area contributed by atoms with Crippen LogP contribution in [0.25, 0.3) is 0 Å². The Morgan fingerprint density at radius 2 is 1.39 bits per heavy atom. The number of carbonyl (C=O) groups is 2. The van der Waals surface area contributed by atoms with E-state index in [0.29, 0.717) is 0 Å². The van der Waals surface area contributed by atoms with Gasteiger partial charge in [0.2, 0.25) is 11.8 Å². The van der Waals surface area contributed by atoms with E-state index in [0.717, 1.165) is 27.1 Å². The van der Waals surface area contributed by atoms with Crippen LogP contribution in [0.1, 0.15) is 37.5 Å². The van der Waals surface area contributed by atoms with Gasteiger partial charge < -0.3 is 10.2 Å². The van der Waals surface area contributed by atoms with Gasteiger partial charge in [-0.15, -0.1) is 0 Å². The molecule has 0 aliphatic carbocycles. The second kappa shape index (κ2) is 13.9. The van der Waals surface area contributed by atoms with Crippen LogP contribution in [0.15, 0.2) is 114 Å². The van der Waals surface area contributed by atoms with Crippen LogP contribution < -0.4 is 9.62 Å². The van der Waals surface area contributed by atoms with Crippen molar-refractivity contribution in [2.24, 2.45) is 0 Å². The molecule has 0 heterocycles. The van der Waals surface area contributed by atoms with Crippen molar-refractivity contribution in [3.8, 4) is 0 Å². The lowest BCUT2D eigenvalue weighted by Crippen LogP contribution is -2.56. The number of amides is 2. The molecule has 0 unspecified atom stereocenters. The molecule has 0 radical (unpaired) electrons. The van der Waals surface area contributed by atoms with Crippen LogP contribution in [-0.2, 0) is 32.6 Å². The number of aryl methyl sites for hydroxylation is 1. The average Bonchev–Trinajstić information content (AvgIpc) is 2.99. The molecule has 1 atom stereocenters. The summed E-state index contributed by atoms with van der Waals surface area (Å²) in [5, 5.41) is 3.00. The summed E-state index contributed by atoms with van der Waals surface area (Å²) < 4.78 is 43.9. The number of halogens is 1. The van der Waals surface area contributed by atoms with Gasteiger partial charge in [-0.05, 0) is 68.7 Å². The van der Waals surface area contributed by atoms with Crippen LogP contribution in [-0.4, -0.2) is 43.3 Å². The highest BCUT2D eigenvalue weighted by Gasteiger charge is 2.36. The molecule has 4 aromatic carbocycles. The predicted octanol–water partition coefficient (Wildman–Crippen LogP) is 5.88. The Labute approximate surface area is 259 Å². The smallest absolute Gasteiger partial charge is 0.264 e. The molecule has 0 saturated heterocycles. The first-order valence-electron chi connectivity index (χ1n) is 14.4. The number of rotatable bonds is 11. The first-order valence-corrected chi connectivity index (χ1v) is 15.8. The Hall–Kier alpha value is -4.50. The third kappa shape index (κ3) is 8.11. The summed E-state index contributed by atoms with van der Waals surface area (Å²) in [4.78, 5) is 29.7. The predicted molar refractivity (Wildman–Crippen MR) is 171 cm³/mol. The number of benzene rings is 4. The second-order valence-corrected chi connectivity index (χ2v) is 13.5. The quantitative estimate of drug-likeness (QED) is 0.228. The molecule has 0 spiro atoms. The van der Waals surface area contributed by atoms with Crippen LogP contribution in [0.2, 0.25) is 0 Å². The van der Waals surface area contributed by atoms with Gasteiger partial charge in [0, 0.05) is 18.5 Å². The number of para-hydroxylation sites is 1. The van der Waals surface area contributed by atoms with Crippen LogP contribution >= 0.6 is 0 Å². The van der Waals surface area contributed by atoms with E-state index in [1.54, 1.807) is 18.2 Å². The third-order valence-corrected chi connectivity index (χ3v) is 8.88. The van der Waals surface area contributed by atoms with E-state index in [2.05, 4.69) is 5.32 Å². The van der Waals surface area contributed by atoms with Crippen LogP contribution in [0.3, 0.4) is 0 Å². The molecule has 230 valence electrons. The van der Waals surface area contributed by atoms with Crippen LogP contribution in [0.5, 0.6) is 0 Å². The van der Waals surface area contributed by atoms with Crippen LogP contribution in [0.4, 0.5) is 10.1 Å². The maximum Gasteiger partial charge on any atom is 0.264 e. The van der Waals surface area contributed by atoms with Gasteiger partial charge in [0.25, 0.3) is 10.0 Å². The molecular weight excluding hydrogens is 577 g/mol. The zero-order chi connectivity index (χ0) is 31.9. The first-order chi connectivity index (χ1) is 20.9. The summed E-state index contributed by atoms with van der Waals surface area (Å²) in [7, 11) is -4.37. The number of hydrogen-bond donors (Lipinski definition) is 1. The van der Waals surface area contributed by atoms with Crippen molar-refractivity contribution >= 4 is 27.5 Å². The lowest BCUT2D eigenvalue weighted by Gasteiger charge is -2.35. The molecular formula is C35H38FN3O4S. The van der Waals surface area contributed by atoms with Crippen LogP contribution in [0, 0.1) is 12.7 Å². The Bertz CT molecular complexity index is 1690. The van der Waals surface area contributed by atoms with Gasteiger partial charge in [0.15, 0.2) is 0 Å². The fraction of sp³-hybridized carbons (Fsp3) is 0.257. The Morgan fingerprint density at radius 3 is 2.00 bits per heavy atom. The van der Waals surface area contributed by atoms with Crippen molar-refractivity contribution in [3.63, 3.8) is 0 Å². The second-order valence-electron chi connectivity index (χ2n) is 11.7. The number of nitrogens with one attached hydrogen (secondary N) is 1. The monoisotopic (exact) mass is 615 g/mol. The van der Waals surface area contributed by atoms with Gasteiger partial charge in [-0.2, -0.15) is 0 Å². The molecule has 4 rings (SSSR count). The maximum atomic E-state index is 15.2. The summed E-state index contributed by atoms with van der Waals surface area (Å²) in [6.45, 7) is 6.78. The minimum absolute atomic E-state index is 0.0388. The first kappa shape index (κ1) is 32.4. The summed E-state index contributed by atoms with van der Waals surface area (Å²) in [6.07, 6.45) is 0.186. The van der Waals surface area contributed by atoms with E-state index in [1.165, 1.54) is 35.2 Å². The van der Waals surface area contributed by atoms with Gasteiger partial charge in [-0.1, -0.05) is 84.9 Å². The van der Waals surface area contributed by atoms with Gasteiger partial charge in [0.05, 0.1) is 10.6 Å². The van der Waals surface area contributed by atoms with Crippen molar-refractivity contribution in [1.82, 2.24) is 10.2 Å². The van der Waals surface area contributed by atoms with E-state index < -0.39 is 39.9 Å². The largest absolute Gasteiger partial charge is 0.350 e. The van der Waals surface area contributed by atoms with Gasteiger partial charge in [0.1, 0.15) is 18.4 Å². The Kier molecular flexibility index (Phi) is 10.2. The fourth-order valence-electron chi connectivity index (χ4n) is 4.86. The van der Waals surface area contributed by atoms with E-state index in [1.807, 2.05) is 82.3 Å². The van der Waals surface area contributed by atoms with E-state index in [-0.39, 0.29) is 29.5 Å². The third-order valence-electron chi connectivity index (χ3n) is 7.10. The van der Waals surface area contributed by atoms with Crippen molar-refractivity contribution in [2.45, 2.75) is 57.1 Å². The summed E-state index contributed by atoms with van der Waals surface area (Å²) >= 11 is 0. The maximum absolute atomic E-state index is 15.2. The van der Waals surface area contributed by atoms with E-state index in [9.17, 15) is 18.0 Å². The minimum Gasteiger partial charge on any atom is -0.350 e. The molecule has 44 heavy (non-hydrogen) atoms. The molecule has 0 fully saturated rings. The zero-order valence-electron chi connectivity index (χ0n) is 25.4. The van der Waals surface area contributed by atoms with Gasteiger partial charge >= 0.3 is 0 Å². The van der Waals surface area contributed by atoms with E-state index >= 15 is 4.39 Å². The highest BCUT2D eigenvalue weighted by molar-refractivity contribution is 7.92. The highest BCUT2D eigenvalue weighted by atomic mass is 32.2. The minimum atomic E-state index is -4.37. The number of carbonyl (C=O) groups excluding carboxylic acids is 2. The average molecular weight is 616 g/mol. The SMILES string of the molecule is Cc1ccccc1CN(C(=O)CN(c1ccccc1F)S(=O)(=O)c1ccccc1)[C@H](Cc1ccccc1)C(=O)NC(C)(C)C. The number of nitrogens with zero attached hydrogens (tertiary/aromatic N) is 2. The topological polar surface area (TPSA) is 86.8 Å². The van der Waals surface area contributed by atoms with Crippen molar-refractivity contribution in [3.05, 3.63) is 132 Å². The zero-order valence-corrected chi connectivity index (χ0v) is 26.2. The summed E-state index contributed by atoms with van der Waals surface area (Å²) in [5.41, 5.74) is 1.67. The Balaban J connectivity index is 1.83. The molecule has 1 N–H and O–H groups in total. The van der Waals surface area contributed by atoms with Crippen molar-refractivity contribution in [1.29, 1.82) is 0 Å². The molecule has 7 nitrogen and oxygen atoms in total. The van der Waals surface area contributed by atoms with Gasteiger partial charge in [-0.25, -0.2) is 12.8 Å². The molecule has 0 saturated carbocycles. The molecule has 9 heteroatoms. The Morgan fingerprint density at radius 1 is 0.818 bits per heavy atom. The molecule has 0 aliphatic heterocycles. The van der Waals surface area contributed by atoms with Crippen molar-refractivity contribution in [2.75, 3.05) is 10.8 Å². The van der Waals surface area contributed by atoms with Crippen molar-refractivity contribution < 1.29 is 22.4 Å². The molecule has 0 aliphatic rings. The number of hydrogen-bond acceptors (Lipinski definition) is 4. The standard InChI is InChI=1S/C35H38FN3O4S/c1-26-15-11-12-18-28(26)24-38(32(34(41)37-35(2,3)4)23-27-16-7-5-8-17-27)33(40)25-39(31-22-14-13-21-30(31)36)44(42,43)29-19-9-6-10-20-29/h5-22,32H,23-25H2,1-4H3,(H,37,41)/t32-/m1/s1. The molecule has 0 bridgehead atoms. The summed E-state index contributed by atoms with van der Waals surface area (Å²) in [5.74, 6) is -1.83. The normalized spacial score (nSPS) is 12.3.